The number of nitrogens with one attached hydrogen (secondary N) is 1. The molecule has 0 radical (unpaired) electrons. The zero-order valence-corrected chi connectivity index (χ0v) is 14.1. The second kappa shape index (κ2) is 7.73. The van der Waals surface area contributed by atoms with Crippen molar-refractivity contribution in [2.75, 3.05) is 0 Å². The molecule has 0 spiro atoms. The number of pyridine rings is 1. The highest BCUT2D eigenvalue weighted by Gasteiger charge is 2.06. The lowest BCUT2D eigenvalue weighted by Crippen LogP contribution is -2.18. The molecule has 3 N–H and O–H groups in total. The molecule has 3 rings (SSSR count). The number of hydrogen-bond acceptors (Lipinski definition) is 3. The van der Waals surface area contributed by atoms with Crippen molar-refractivity contribution in [2.24, 2.45) is 5.73 Å². The van der Waals surface area contributed by atoms with Gasteiger partial charge in [-0.3, -0.25) is 9.78 Å². The van der Waals surface area contributed by atoms with Crippen LogP contribution in [-0.2, 0) is 6.54 Å². The van der Waals surface area contributed by atoms with Gasteiger partial charge in [0.15, 0.2) is 0 Å². The van der Waals surface area contributed by atoms with E-state index in [-0.39, 0.29) is 6.04 Å². The van der Waals surface area contributed by atoms with Crippen LogP contribution < -0.4 is 11.1 Å². The maximum atomic E-state index is 11.1. The molecule has 0 fully saturated rings. The summed E-state index contributed by atoms with van der Waals surface area (Å²) in [6.07, 6.45) is 3.65. The lowest BCUT2D eigenvalue weighted by molar-refractivity contribution is 0.100. The van der Waals surface area contributed by atoms with Crippen LogP contribution in [0.3, 0.4) is 0 Å². The Morgan fingerprint density at radius 3 is 2.36 bits per heavy atom. The van der Waals surface area contributed by atoms with Gasteiger partial charge in [0.2, 0.25) is 5.91 Å². The van der Waals surface area contributed by atoms with Crippen LogP contribution >= 0.6 is 0 Å². The van der Waals surface area contributed by atoms with E-state index in [0.29, 0.717) is 5.56 Å². The molecular formula is C21H21N3O. The number of aromatic nitrogens is 1. The van der Waals surface area contributed by atoms with Gasteiger partial charge in [0.25, 0.3) is 0 Å². The highest BCUT2D eigenvalue weighted by Crippen LogP contribution is 2.21. The fourth-order valence-corrected chi connectivity index (χ4v) is 2.67. The first kappa shape index (κ1) is 16.9. The first-order valence-electron chi connectivity index (χ1n) is 8.26. The molecule has 1 unspecified atom stereocenters. The second-order valence-electron chi connectivity index (χ2n) is 6.03. The molecule has 25 heavy (non-hydrogen) atoms. The molecule has 0 bridgehead atoms. The van der Waals surface area contributed by atoms with E-state index in [1.54, 1.807) is 18.3 Å². The van der Waals surface area contributed by atoms with Crippen molar-refractivity contribution in [3.63, 3.8) is 0 Å². The number of amides is 1. The highest BCUT2D eigenvalue weighted by molar-refractivity contribution is 5.92. The molecule has 2 aromatic carbocycles. The van der Waals surface area contributed by atoms with Crippen LogP contribution in [-0.4, -0.2) is 10.9 Å². The Balaban J connectivity index is 1.61. The molecule has 3 aromatic rings. The Hall–Kier alpha value is -2.98. The largest absolute Gasteiger partial charge is 0.366 e. The number of carbonyl (C=O) groups is 1. The zero-order chi connectivity index (χ0) is 17.6. The van der Waals surface area contributed by atoms with Gasteiger partial charge in [-0.1, -0.05) is 42.5 Å². The van der Waals surface area contributed by atoms with Crippen molar-refractivity contribution in [3.8, 4) is 11.1 Å². The Morgan fingerprint density at radius 2 is 1.76 bits per heavy atom. The molecule has 1 atom stereocenters. The summed E-state index contributed by atoms with van der Waals surface area (Å²) in [7, 11) is 0. The van der Waals surface area contributed by atoms with Crippen molar-refractivity contribution in [2.45, 2.75) is 19.5 Å². The Morgan fingerprint density at radius 1 is 1.04 bits per heavy atom. The van der Waals surface area contributed by atoms with Crippen molar-refractivity contribution >= 4 is 5.91 Å². The van der Waals surface area contributed by atoms with Gasteiger partial charge >= 0.3 is 0 Å². The third-order valence-corrected chi connectivity index (χ3v) is 4.26. The van der Waals surface area contributed by atoms with Gasteiger partial charge < -0.3 is 11.1 Å². The number of nitrogens with zero attached hydrogens (tertiary/aromatic N) is 1. The van der Waals surface area contributed by atoms with Crippen molar-refractivity contribution in [1.29, 1.82) is 0 Å². The average molecular weight is 331 g/mol. The Bertz CT molecular complexity index is 827. The van der Waals surface area contributed by atoms with E-state index in [0.717, 1.165) is 23.2 Å². The molecule has 4 nitrogen and oxygen atoms in total. The number of rotatable bonds is 6. The van der Waals surface area contributed by atoms with Crippen LogP contribution in [0.2, 0.25) is 0 Å². The van der Waals surface area contributed by atoms with Crippen LogP contribution in [0.4, 0.5) is 0 Å². The van der Waals surface area contributed by atoms with Gasteiger partial charge in [-0.05, 0) is 47.4 Å². The molecule has 1 heterocycles. The summed E-state index contributed by atoms with van der Waals surface area (Å²) in [6.45, 7) is 2.86. The van der Waals surface area contributed by atoms with Crippen molar-refractivity contribution in [1.82, 2.24) is 10.3 Å². The Labute approximate surface area is 147 Å². The minimum absolute atomic E-state index is 0.221. The predicted octanol–water partition coefficient (Wildman–Crippen LogP) is 3.70. The first-order chi connectivity index (χ1) is 12.1. The summed E-state index contributed by atoms with van der Waals surface area (Å²) in [5.74, 6) is -0.401. The number of hydrogen-bond donors (Lipinski definition) is 2. The zero-order valence-electron chi connectivity index (χ0n) is 14.1. The lowest BCUT2D eigenvalue weighted by Gasteiger charge is -2.15. The van der Waals surface area contributed by atoms with E-state index in [9.17, 15) is 4.79 Å². The van der Waals surface area contributed by atoms with Gasteiger partial charge in [0.05, 0.1) is 0 Å². The smallest absolute Gasteiger partial charge is 0.248 e. The fraction of sp³-hybridized carbons (Fsp3) is 0.143. The molecule has 1 aromatic heterocycles. The molecule has 4 heteroatoms. The molecule has 0 aliphatic carbocycles. The first-order valence-corrected chi connectivity index (χ1v) is 8.26. The molecule has 126 valence electrons. The Kier molecular flexibility index (Phi) is 5.21. The van der Waals surface area contributed by atoms with E-state index >= 15 is 0 Å². The standard InChI is InChI=1S/C21H21N3O/c1-15(24-13-16-4-6-19(7-5-16)21(22)25)17-8-10-18(11-9-17)20-3-2-12-23-14-20/h2-12,14-15,24H,13H2,1H3,(H2,22,25). The predicted molar refractivity (Wildman–Crippen MR) is 99.9 cm³/mol. The highest BCUT2D eigenvalue weighted by atomic mass is 16.1. The van der Waals surface area contributed by atoms with Gasteiger partial charge in [-0.25, -0.2) is 0 Å². The minimum Gasteiger partial charge on any atom is -0.366 e. The fourth-order valence-electron chi connectivity index (χ4n) is 2.67. The van der Waals surface area contributed by atoms with Crippen LogP contribution in [0, 0.1) is 0 Å². The molecule has 0 saturated carbocycles. The quantitative estimate of drug-likeness (QED) is 0.724. The topological polar surface area (TPSA) is 68.0 Å². The molecular weight excluding hydrogens is 310 g/mol. The van der Waals surface area contributed by atoms with Gasteiger partial charge in [0.1, 0.15) is 0 Å². The van der Waals surface area contributed by atoms with E-state index in [4.69, 9.17) is 5.73 Å². The number of nitrogens with two attached hydrogens (primary N) is 1. The summed E-state index contributed by atoms with van der Waals surface area (Å²) in [5, 5.41) is 3.49. The summed E-state index contributed by atoms with van der Waals surface area (Å²) in [5.41, 5.74) is 10.4. The van der Waals surface area contributed by atoms with Crippen LogP contribution in [0.1, 0.15) is 34.5 Å². The minimum atomic E-state index is -0.401. The number of primary amides is 1. The van der Waals surface area contributed by atoms with E-state index in [2.05, 4.69) is 47.6 Å². The van der Waals surface area contributed by atoms with Crippen LogP contribution in [0.25, 0.3) is 11.1 Å². The summed E-state index contributed by atoms with van der Waals surface area (Å²) in [6, 6.07) is 20.1. The lowest BCUT2D eigenvalue weighted by atomic mass is 10.0. The number of carbonyl (C=O) groups excluding carboxylic acids is 1. The van der Waals surface area contributed by atoms with Gasteiger partial charge in [-0.2, -0.15) is 0 Å². The molecule has 0 saturated heterocycles. The third kappa shape index (κ3) is 4.31. The van der Waals surface area contributed by atoms with E-state index < -0.39 is 5.91 Å². The monoisotopic (exact) mass is 331 g/mol. The summed E-state index contributed by atoms with van der Waals surface area (Å²) >= 11 is 0. The SMILES string of the molecule is CC(NCc1ccc(C(N)=O)cc1)c1ccc(-c2cccnc2)cc1. The van der Waals surface area contributed by atoms with E-state index in [1.165, 1.54) is 5.56 Å². The third-order valence-electron chi connectivity index (χ3n) is 4.26. The maximum absolute atomic E-state index is 11.1. The summed E-state index contributed by atoms with van der Waals surface area (Å²) in [4.78, 5) is 15.3. The van der Waals surface area contributed by atoms with E-state index in [1.807, 2.05) is 24.4 Å². The molecule has 0 aliphatic heterocycles. The van der Waals surface area contributed by atoms with Crippen LogP contribution in [0.15, 0.2) is 73.1 Å². The number of benzene rings is 2. The average Bonchev–Trinajstić information content (AvgIpc) is 2.67. The summed E-state index contributed by atoms with van der Waals surface area (Å²) < 4.78 is 0. The maximum Gasteiger partial charge on any atom is 0.248 e. The molecule has 0 aliphatic rings. The molecule has 1 amide bonds. The van der Waals surface area contributed by atoms with Gasteiger partial charge in [0, 0.05) is 30.5 Å². The van der Waals surface area contributed by atoms with Crippen LogP contribution in [0.5, 0.6) is 0 Å². The second-order valence-corrected chi connectivity index (χ2v) is 6.03. The normalized spacial score (nSPS) is 11.9. The van der Waals surface area contributed by atoms with Gasteiger partial charge in [-0.15, -0.1) is 0 Å². The van der Waals surface area contributed by atoms with Crippen molar-refractivity contribution in [3.05, 3.63) is 89.7 Å². The van der Waals surface area contributed by atoms with Crippen molar-refractivity contribution < 1.29 is 4.79 Å².